The smallest absolute Gasteiger partial charge is 0.0276 e. The molecule has 0 heteroatoms. The van der Waals surface area contributed by atoms with Crippen molar-refractivity contribution in [2.24, 2.45) is 11.8 Å². The highest BCUT2D eigenvalue weighted by molar-refractivity contribution is 5.36. The van der Waals surface area contributed by atoms with E-state index in [4.69, 9.17) is 0 Å². The maximum absolute atomic E-state index is 2.41. The Hall–Kier alpha value is -0.780. The summed E-state index contributed by atoms with van der Waals surface area (Å²) in [6.07, 6.45) is 8.51. The van der Waals surface area contributed by atoms with Crippen LogP contribution in [0.1, 0.15) is 61.3 Å². The Morgan fingerprint density at radius 3 is 2.06 bits per heavy atom. The van der Waals surface area contributed by atoms with E-state index in [1.807, 2.05) is 0 Å². The van der Waals surface area contributed by atoms with Crippen LogP contribution < -0.4 is 0 Å². The first kappa shape index (κ1) is 13.6. The topological polar surface area (TPSA) is 0 Å². The average molecular weight is 244 g/mol. The van der Waals surface area contributed by atoms with Gasteiger partial charge in [-0.15, -0.1) is 0 Å². The van der Waals surface area contributed by atoms with E-state index in [-0.39, 0.29) is 0 Å². The summed E-state index contributed by atoms with van der Waals surface area (Å²) >= 11 is 0. The van der Waals surface area contributed by atoms with E-state index in [1.165, 1.54) is 55.2 Å². The molecule has 1 fully saturated rings. The van der Waals surface area contributed by atoms with E-state index in [1.54, 1.807) is 5.56 Å². The lowest BCUT2D eigenvalue weighted by Crippen LogP contribution is -2.13. The number of benzene rings is 1. The van der Waals surface area contributed by atoms with Gasteiger partial charge in [0.25, 0.3) is 0 Å². The van der Waals surface area contributed by atoms with Gasteiger partial charge >= 0.3 is 0 Å². The monoisotopic (exact) mass is 244 g/mol. The molecule has 0 saturated heterocycles. The number of hydrogen-bond acceptors (Lipinski definition) is 0. The molecule has 2 rings (SSSR count). The van der Waals surface area contributed by atoms with Crippen molar-refractivity contribution in [2.45, 2.75) is 66.2 Å². The van der Waals surface area contributed by atoms with E-state index in [0.717, 1.165) is 11.8 Å². The fraction of sp³-hybridized carbons (Fsp3) is 0.667. The van der Waals surface area contributed by atoms with E-state index in [9.17, 15) is 0 Å². The van der Waals surface area contributed by atoms with Gasteiger partial charge in [-0.3, -0.25) is 0 Å². The summed E-state index contributed by atoms with van der Waals surface area (Å²) in [6.45, 7) is 9.13. The molecule has 1 aliphatic carbocycles. The predicted molar refractivity (Wildman–Crippen MR) is 80.1 cm³/mol. The first-order chi connectivity index (χ1) is 8.56. The normalized spacial score (nSPS) is 24.2. The molecule has 0 aliphatic heterocycles. The molecule has 0 bridgehead atoms. The lowest BCUT2D eigenvalue weighted by molar-refractivity contribution is 0.278. The fourth-order valence-electron chi connectivity index (χ4n) is 3.26. The van der Waals surface area contributed by atoms with Crippen molar-refractivity contribution in [3.05, 3.63) is 34.4 Å². The van der Waals surface area contributed by atoms with Crippen molar-refractivity contribution in [1.82, 2.24) is 0 Å². The summed E-state index contributed by atoms with van der Waals surface area (Å²) in [4.78, 5) is 0. The molecule has 0 N–H and O–H groups in total. The second kappa shape index (κ2) is 5.91. The summed E-state index contributed by atoms with van der Waals surface area (Å²) in [5.41, 5.74) is 5.93. The maximum atomic E-state index is 2.41. The van der Waals surface area contributed by atoms with Crippen LogP contribution in [0.25, 0.3) is 0 Å². The van der Waals surface area contributed by atoms with Crippen molar-refractivity contribution < 1.29 is 0 Å². The Morgan fingerprint density at radius 1 is 0.944 bits per heavy atom. The Kier molecular flexibility index (Phi) is 4.48. The standard InChI is InChI=1S/C18H28/c1-13-5-7-17(8-6-13)9-10-18-11-14(2)16(4)15(3)12-18/h11-13,17H,5-10H2,1-4H3. The molecule has 0 aromatic heterocycles. The van der Waals surface area contributed by atoms with Crippen LogP contribution in [0.15, 0.2) is 12.1 Å². The van der Waals surface area contributed by atoms with E-state index in [2.05, 4.69) is 39.8 Å². The van der Waals surface area contributed by atoms with Gasteiger partial charge in [-0.25, -0.2) is 0 Å². The van der Waals surface area contributed by atoms with Crippen molar-refractivity contribution in [3.63, 3.8) is 0 Å². The van der Waals surface area contributed by atoms with Gasteiger partial charge in [0.05, 0.1) is 0 Å². The summed E-state index contributed by atoms with van der Waals surface area (Å²) in [5, 5.41) is 0. The molecule has 1 aromatic rings. The molecule has 1 saturated carbocycles. The van der Waals surface area contributed by atoms with Crippen molar-refractivity contribution in [3.8, 4) is 0 Å². The fourth-order valence-corrected chi connectivity index (χ4v) is 3.26. The van der Waals surface area contributed by atoms with Crippen LogP contribution >= 0.6 is 0 Å². The minimum absolute atomic E-state index is 0.977. The van der Waals surface area contributed by atoms with Crippen LogP contribution in [-0.2, 0) is 6.42 Å². The van der Waals surface area contributed by atoms with Gasteiger partial charge in [0.2, 0.25) is 0 Å². The largest absolute Gasteiger partial charge is 0.0625 e. The number of hydrogen-bond donors (Lipinski definition) is 0. The van der Waals surface area contributed by atoms with Crippen LogP contribution in [-0.4, -0.2) is 0 Å². The molecule has 100 valence electrons. The van der Waals surface area contributed by atoms with Gasteiger partial charge in [0.1, 0.15) is 0 Å². The number of rotatable bonds is 3. The molecule has 1 aromatic carbocycles. The minimum Gasteiger partial charge on any atom is -0.0625 e. The maximum Gasteiger partial charge on any atom is -0.0276 e. The average Bonchev–Trinajstić information content (AvgIpc) is 2.35. The summed E-state index contributed by atoms with van der Waals surface area (Å²) in [5.74, 6) is 1.97. The van der Waals surface area contributed by atoms with E-state index >= 15 is 0 Å². The highest BCUT2D eigenvalue weighted by Crippen LogP contribution is 2.31. The zero-order valence-corrected chi connectivity index (χ0v) is 12.6. The van der Waals surface area contributed by atoms with Gasteiger partial charge in [-0.2, -0.15) is 0 Å². The summed E-state index contributed by atoms with van der Waals surface area (Å²) in [7, 11) is 0. The quantitative estimate of drug-likeness (QED) is 0.670. The van der Waals surface area contributed by atoms with Crippen molar-refractivity contribution >= 4 is 0 Å². The lowest BCUT2D eigenvalue weighted by Gasteiger charge is -2.26. The van der Waals surface area contributed by atoms with E-state index < -0.39 is 0 Å². The molecule has 0 nitrogen and oxygen atoms in total. The summed E-state index contributed by atoms with van der Waals surface area (Å²) < 4.78 is 0. The van der Waals surface area contributed by atoms with Crippen LogP contribution in [0.2, 0.25) is 0 Å². The third-order valence-corrected chi connectivity index (χ3v) is 4.96. The molecule has 0 unspecified atom stereocenters. The Morgan fingerprint density at radius 2 is 1.50 bits per heavy atom. The molecule has 0 atom stereocenters. The Balaban J connectivity index is 1.90. The van der Waals surface area contributed by atoms with Crippen LogP contribution in [0.3, 0.4) is 0 Å². The van der Waals surface area contributed by atoms with Gasteiger partial charge in [-0.05, 0) is 67.7 Å². The molecular formula is C18H28. The Labute approximate surface area is 113 Å². The third kappa shape index (κ3) is 3.37. The first-order valence-electron chi connectivity index (χ1n) is 7.63. The minimum atomic E-state index is 0.977. The van der Waals surface area contributed by atoms with Gasteiger partial charge in [-0.1, -0.05) is 44.7 Å². The van der Waals surface area contributed by atoms with Gasteiger partial charge < -0.3 is 0 Å². The zero-order chi connectivity index (χ0) is 13.1. The molecule has 18 heavy (non-hydrogen) atoms. The first-order valence-corrected chi connectivity index (χ1v) is 7.63. The second-order valence-corrected chi connectivity index (χ2v) is 6.52. The summed E-state index contributed by atoms with van der Waals surface area (Å²) in [6, 6.07) is 4.79. The van der Waals surface area contributed by atoms with Crippen molar-refractivity contribution in [1.29, 1.82) is 0 Å². The number of aryl methyl sites for hydroxylation is 3. The Bertz CT molecular complexity index is 371. The predicted octanol–water partition coefficient (Wildman–Crippen LogP) is 5.37. The van der Waals surface area contributed by atoms with Gasteiger partial charge in [0, 0.05) is 0 Å². The molecule has 1 aliphatic rings. The van der Waals surface area contributed by atoms with Crippen LogP contribution in [0.5, 0.6) is 0 Å². The molecule has 0 amide bonds. The highest BCUT2D eigenvalue weighted by Gasteiger charge is 2.17. The van der Waals surface area contributed by atoms with Gasteiger partial charge in [0.15, 0.2) is 0 Å². The van der Waals surface area contributed by atoms with Crippen molar-refractivity contribution in [2.75, 3.05) is 0 Å². The van der Waals surface area contributed by atoms with Crippen LogP contribution in [0, 0.1) is 32.6 Å². The molecule has 0 radical (unpaired) electrons. The second-order valence-electron chi connectivity index (χ2n) is 6.52. The molecular weight excluding hydrogens is 216 g/mol. The zero-order valence-electron chi connectivity index (χ0n) is 12.6. The lowest BCUT2D eigenvalue weighted by atomic mass is 9.80. The van der Waals surface area contributed by atoms with Crippen LogP contribution in [0.4, 0.5) is 0 Å². The third-order valence-electron chi connectivity index (χ3n) is 4.96. The molecule has 0 heterocycles. The van der Waals surface area contributed by atoms with E-state index in [0.29, 0.717) is 0 Å². The highest BCUT2D eigenvalue weighted by atomic mass is 14.2. The molecule has 0 spiro atoms. The SMILES string of the molecule is Cc1cc(CCC2CCC(C)CC2)cc(C)c1C.